The average Bonchev–Trinajstić information content (AvgIpc) is 2.41. The van der Waals surface area contributed by atoms with Crippen LogP contribution in [0.5, 0.6) is 0 Å². The number of hydrogen-bond donors (Lipinski definition) is 1. The van der Waals surface area contributed by atoms with Gasteiger partial charge in [0.2, 0.25) is 0 Å². The molecule has 0 saturated carbocycles. The first-order valence-corrected chi connectivity index (χ1v) is 6.27. The highest BCUT2D eigenvalue weighted by Crippen LogP contribution is 2.22. The molecule has 0 atom stereocenters. The number of anilines is 1. The Morgan fingerprint density at radius 2 is 2.00 bits per heavy atom. The van der Waals surface area contributed by atoms with Gasteiger partial charge in [-0.2, -0.15) is 5.26 Å². The van der Waals surface area contributed by atoms with E-state index in [2.05, 4.69) is 21.2 Å². The Morgan fingerprint density at radius 1 is 1.21 bits per heavy atom. The van der Waals surface area contributed by atoms with E-state index < -0.39 is 5.82 Å². The molecule has 0 heterocycles. The number of hydrogen-bond acceptors (Lipinski definition) is 2. The van der Waals surface area contributed by atoms with E-state index in [1.54, 1.807) is 12.1 Å². The van der Waals surface area contributed by atoms with Crippen LogP contribution in [0, 0.1) is 23.0 Å². The second-order valence-electron chi connectivity index (χ2n) is 3.87. The average molecular weight is 323 g/mol. The molecule has 0 aliphatic heterocycles. The van der Waals surface area contributed by atoms with Gasteiger partial charge in [0.25, 0.3) is 0 Å². The SMILES string of the molecule is N#Cc1cc(F)ccc1NCc1cccc(F)c1Br. The van der Waals surface area contributed by atoms with Crippen LogP contribution in [0.4, 0.5) is 14.5 Å². The fourth-order valence-corrected chi connectivity index (χ4v) is 2.04. The predicted molar refractivity (Wildman–Crippen MR) is 72.5 cm³/mol. The van der Waals surface area contributed by atoms with Crippen LogP contribution >= 0.6 is 15.9 Å². The molecule has 2 aromatic rings. The normalized spacial score (nSPS) is 10.0. The number of halogens is 3. The van der Waals surface area contributed by atoms with E-state index >= 15 is 0 Å². The molecule has 0 amide bonds. The van der Waals surface area contributed by atoms with Crippen molar-refractivity contribution in [3.63, 3.8) is 0 Å². The van der Waals surface area contributed by atoms with Crippen LogP contribution in [0.3, 0.4) is 0 Å². The molecule has 0 bridgehead atoms. The highest BCUT2D eigenvalue weighted by molar-refractivity contribution is 9.10. The first-order valence-electron chi connectivity index (χ1n) is 5.48. The van der Waals surface area contributed by atoms with Gasteiger partial charge in [-0.3, -0.25) is 0 Å². The summed E-state index contributed by atoms with van der Waals surface area (Å²) in [6.07, 6.45) is 0. The fourth-order valence-electron chi connectivity index (χ4n) is 1.64. The summed E-state index contributed by atoms with van der Waals surface area (Å²) < 4.78 is 26.7. The molecule has 2 rings (SSSR count). The molecular formula is C14H9BrF2N2. The third-order valence-corrected chi connectivity index (χ3v) is 3.49. The molecule has 19 heavy (non-hydrogen) atoms. The zero-order valence-electron chi connectivity index (χ0n) is 9.75. The van der Waals surface area contributed by atoms with Crippen LogP contribution in [0.2, 0.25) is 0 Å². The lowest BCUT2D eigenvalue weighted by Crippen LogP contribution is -2.03. The first kappa shape index (κ1) is 13.5. The fraction of sp³-hybridized carbons (Fsp3) is 0.0714. The Labute approximate surface area is 117 Å². The number of nitrogens with zero attached hydrogens (tertiary/aromatic N) is 1. The molecule has 96 valence electrons. The molecule has 2 nitrogen and oxygen atoms in total. The lowest BCUT2D eigenvalue weighted by Gasteiger charge is -2.10. The van der Waals surface area contributed by atoms with E-state index in [1.165, 1.54) is 18.2 Å². The molecule has 0 unspecified atom stereocenters. The highest BCUT2D eigenvalue weighted by Gasteiger charge is 2.07. The van der Waals surface area contributed by atoms with Crippen molar-refractivity contribution in [3.05, 3.63) is 63.6 Å². The van der Waals surface area contributed by atoms with Gasteiger partial charge in [0.05, 0.1) is 15.7 Å². The van der Waals surface area contributed by atoms with Gasteiger partial charge in [0.15, 0.2) is 0 Å². The van der Waals surface area contributed by atoms with E-state index in [-0.39, 0.29) is 11.4 Å². The van der Waals surface area contributed by atoms with Gasteiger partial charge in [-0.25, -0.2) is 8.78 Å². The maximum Gasteiger partial charge on any atom is 0.137 e. The van der Waals surface area contributed by atoms with Crippen LogP contribution in [0.15, 0.2) is 40.9 Å². The van der Waals surface area contributed by atoms with E-state index in [0.717, 1.165) is 6.07 Å². The molecule has 2 aromatic carbocycles. The van der Waals surface area contributed by atoms with Crippen molar-refractivity contribution in [3.8, 4) is 6.07 Å². The zero-order chi connectivity index (χ0) is 13.8. The summed E-state index contributed by atoms with van der Waals surface area (Å²) in [7, 11) is 0. The van der Waals surface area contributed by atoms with Gasteiger partial charge in [-0.15, -0.1) is 0 Å². The maximum absolute atomic E-state index is 13.3. The van der Waals surface area contributed by atoms with Gasteiger partial charge in [0, 0.05) is 6.54 Å². The van der Waals surface area contributed by atoms with E-state index in [9.17, 15) is 8.78 Å². The summed E-state index contributed by atoms with van der Waals surface area (Å²) in [5, 5.41) is 11.9. The monoisotopic (exact) mass is 322 g/mol. The quantitative estimate of drug-likeness (QED) is 0.918. The van der Waals surface area contributed by atoms with Crippen LogP contribution in [0.25, 0.3) is 0 Å². The third kappa shape index (κ3) is 3.09. The van der Waals surface area contributed by atoms with Gasteiger partial charge < -0.3 is 5.32 Å². The zero-order valence-corrected chi connectivity index (χ0v) is 11.3. The van der Waals surface area contributed by atoms with Gasteiger partial charge in [0.1, 0.15) is 17.7 Å². The lowest BCUT2D eigenvalue weighted by atomic mass is 10.1. The van der Waals surface area contributed by atoms with Crippen molar-refractivity contribution in [2.24, 2.45) is 0 Å². The van der Waals surface area contributed by atoms with Crippen molar-refractivity contribution >= 4 is 21.6 Å². The predicted octanol–water partition coefficient (Wildman–Crippen LogP) is 4.21. The Kier molecular flexibility index (Phi) is 4.13. The van der Waals surface area contributed by atoms with Crippen molar-refractivity contribution in [2.75, 3.05) is 5.32 Å². The van der Waals surface area contributed by atoms with Gasteiger partial charge in [-0.1, -0.05) is 12.1 Å². The van der Waals surface area contributed by atoms with Crippen LogP contribution in [0.1, 0.15) is 11.1 Å². The first-order chi connectivity index (χ1) is 9.11. The molecule has 0 saturated heterocycles. The number of nitriles is 1. The van der Waals surface area contributed by atoms with Crippen molar-refractivity contribution in [2.45, 2.75) is 6.54 Å². The van der Waals surface area contributed by atoms with E-state index in [0.29, 0.717) is 22.3 Å². The standard InChI is InChI=1S/C14H9BrF2N2/c15-14-9(2-1-3-12(14)17)8-19-13-5-4-11(16)6-10(13)7-18/h1-6,19H,8H2. The van der Waals surface area contributed by atoms with Crippen LogP contribution < -0.4 is 5.32 Å². The third-order valence-electron chi connectivity index (χ3n) is 2.60. The van der Waals surface area contributed by atoms with Crippen molar-refractivity contribution in [1.82, 2.24) is 0 Å². The minimum absolute atomic E-state index is 0.215. The number of rotatable bonds is 3. The molecule has 0 spiro atoms. The molecule has 0 fully saturated rings. The van der Waals surface area contributed by atoms with Crippen LogP contribution in [-0.2, 0) is 6.54 Å². The molecular weight excluding hydrogens is 314 g/mol. The summed E-state index contributed by atoms with van der Waals surface area (Å²) in [5.41, 5.74) is 1.45. The minimum Gasteiger partial charge on any atom is -0.380 e. The molecule has 1 N–H and O–H groups in total. The van der Waals surface area contributed by atoms with E-state index in [4.69, 9.17) is 5.26 Å². The second-order valence-corrected chi connectivity index (χ2v) is 4.66. The van der Waals surface area contributed by atoms with Gasteiger partial charge >= 0.3 is 0 Å². The molecule has 0 aliphatic rings. The summed E-state index contributed by atoms with van der Waals surface area (Å²) in [6, 6.07) is 10.5. The summed E-state index contributed by atoms with van der Waals surface area (Å²) in [4.78, 5) is 0. The molecule has 5 heteroatoms. The minimum atomic E-state index is -0.464. The molecule has 0 aliphatic carbocycles. The Hall–Kier alpha value is -1.93. The smallest absolute Gasteiger partial charge is 0.137 e. The Morgan fingerprint density at radius 3 is 2.74 bits per heavy atom. The second kappa shape index (κ2) is 5.81. The Bertz CT molecular complexity index is 650. The van der Waals surface area contributed by atoms with E-state index in [1.807, 2.05) is 6.07 Å². The highest BCUT2D eigenvalue weighted by atomic mass is 79.9. The molecule has 0 aromatic heterocycles. The van der Waals surface area contributed by atoms with Crippen molar-refractivity contribution in [1.29, 1.82) is 5.26 Å². The Balaban J connectivity index is 2.20. The van der Waals surface area contributed by atoms with Gasteiger partial charge in [-0.05, 0) is 45.8 Å². The van der Waals surface area contributed by atoms with Crippen molar-refractivity contribution < 1.29 is 8.78 Å². The summed E-state index contributed by atoms with van der Waals surface area (Å²) in [5.74, 6) is -0.812. The largest absolute Gasteiger partial charge is 0.380 e. The maximum atomic E-state index is 13.3. The lowest BCUT2D eigenvalue weighted by molar-refractivity contribution is 0.618. The number of benzene rings is 2. The topological polar surface area (TPSA) is 35.8 Å². The summed E-state index contributed by atoms with van der Waals surface area (Å²) in [6.45, 7) is 0.332. The molecule has 0 radical (unpaired) electrons. The summed E-state index contributed by atoms with van der Waals surface area (Å²) >= 11 is 3.16. The number of nitrogens with one attached hydrogen (secondary N) is 1. The van der Waals surface area contributed by atoms with Crippen LogP contribution in [-0.4, -0.2) is 0 Å².